The van der Waals surface area contributed by atoms with Crippen molar-refractivity contribution in [3.8, 4) is 5.75 Å². The molecule has 0 saturated heterocycles. The standard InChI is InChI=1S/C15H23NO2S/c1-2-3-4-5-10-17-11-12-18-14-8-6-13(7-9-14)15(16)19/h6-9H,2-5,10-12H2,1H3,(H2,16,19). The van der Waals surface area contributed by atoms with Crippen LogP contribution in [0.15, 0.2) is 24.3 Å². The number of hydrogen-bond acceptors (Lipinski definition) is 3. The van der Waals surface area contributed by atoms with Crippen LogP contribution < -0.4 is 10.5 Å². The predicted molar refractivity (Wildman–Crippen MR) is 82.8 cm³/mol. The first-order valence-electron chi connectivity index (χ1n) is 6.84. The molecule has 1 rings (SSSR count). The summed E-state index contributed by atoms with van der Waals surface area (Å²) in [6, 6.07) is 7.47. The van der Waals surface area contributed by atoms with Gasteiger partial charge in [-0.05, 0) is 30.7 Å². The summed E-state index contributed by atoms with van der Waals surface area (Å²) in [5, 5.41) is 0. The van der Waals surface area contributed by atoms with Crippen LogP contribution in [-0.4, -0.2) is 24.8 Å². The molecule has 0 bridgehead atoms. The maximum absolute atomic E-state index is 5.56. The lowest BCUT2D eigenvalue weighted by Gasteiger charge is -2.07. The quantitative estimate of drug-likeness (QED) is 0.528. The molecule has 106 valence electrons. The number of benzene rings is 1. The summed E-state index contributed by atoms with van der Waals surface area (Å²) in [6.45, 7) is 4.23. The average molecular weight is 281 g/mol. The first kappa shape index (κ1) is 15.9. The second kappa shape index (κ2) is 9.75. The maximum Gasteiger partial charge on any atom is 0.119 e. The molecule has 0 unspecified atom stereocenters. The Morgan fingerprint density at radius 3 is 2.42 bits per heavy atom. The zero-order valence-corrected chi connectivity index (χ0v) is 12.4. The normalized spacial score (nSPS) is 10.4. The van der Waals surface area contributed by atoms with Crippen molar-refractivity contribution in [3.05, 3.63) is 29.8 Å². The second-order valence-corrected chi connectivity index (χ2v) is 4.85. The Bertz CT molecular complexity index is 365. The minimum atomic E-state index is 0.405. The fraction of sp³-hybridized carbons (Fsp3) is 0.533. The van der Waals surface area contributed by atoms with E-state index in [2.05, 4.69) is 6.92 Å². The zero-order chi connectivity index (χ0) is 13.9. The van der Waals surface area contributed by atoms with Gasteiger partial charge < -0.3 is 15.2 Å². The van der Waals surface area contributed by atoms with Crippen LogP contribution >= 0.6 is 12.2 Å². The zero-order valence-electron chi connectivity index (χ0n) is 11.6. The molecule has 1 aromatic rings. The van der Waals surface area contributed by atoms with Crippen LogP contribution in [-0.2, 0) is 4.74 Å². The van der Waals surface area contributed by atoms with Gasteiger partial charge in [-0.1, -0.05) is 38.4 Å². The summed E-state index contributed by atoms with van der Waals surface area (Å²) in [5.74, 6) is 0.814. The number of hydrogen-bond donors (Lipinski definition) is 1. The van der Waals surface area contributed by atoms with Crippen molar-refractivity contribution in [2.45, 2.75) is 32.6 Å². The number of nitrogens with two attached hydrogens (primary N) is 1. The highest BCUT2D eigenvalue weighted by atomic mass is 32.1. The molecule has 0 fully saturated rings. The molecule has 0 heterocycles. The van der Waals surface area contributed by atoms with E-state index in [9.17, 15) is 0 Å². The third-order valence-electron chi connectivity index (χ3n) is 2.78. The van der Waals surface area contributed by atoms with Gasteiger partial charge in [0.1, 0.15) is 17.3 Å². The summed E-state index contributed by atoms with van der Waals surface area (Å²) in [6.07, 6.45) is 4.93. The molecule has 0 saturated carbocycles. The van der Waals surface area contributed by atoms with E-state index in [1.54, 1.807) is 0 Å². The van der Waals surface area contributed by atoms with Gasteiger partial charge in [-0.2, -0.15) is 0 Å². The molecule has 4 heteroatoms. The van der Waals surface area contributed by atoms with Crippen LogP contribution in [0.5, 0.6) is 5.75 Å². The lowest BCUT2D eigenvalue weighted by Crippen LogP contribution is -2.10. The Morgan fingerprint density at radius 2 is 1.79 bits per heavy atom. The third-order valence-corrected chi connectivity index (χ3v) is 3.01. The number of ether oxygens (including phenoxy) is 2. The molecule has 0 aromatic heterocycles. The molecular weight excluding hydrogens is 258 g/mol. The molecule has 19 heavy (non-hydrogen) atoms. The molecule has 0 aliphatic heterocycles. The van der Waals surface area contributed by atoms with E-state index in [-0.39, 0.29) is 0 Å². The summed E-state index contributed by atoms with van der Waals surface area (Å²) in [5.41, 5.74) is 6.38. The van der Waals surface area contributed by atoms with E-state index in [0.29, 0.717) is 18.2 Å². The lowest BCUT2D eigenvalue weighted by molar-refractivity contribution is 0.0971. The van der Waals surface area contributed by atoms with Crippen molar-refractivity contribution in [1.82, 2.24) is 0 Å². The smallest absolute Gasteiger partial charge is 0.119 e. The predicted octanol–water partition coefficient (Wildman–Crippen LogP) is 3.30. The van der Waals surface area contributed by atoms with Crippen molar-refractivity contribution in [2.75, 3.05) is 19.8 Å². The average Bonchev–Trinajstić information content (AvgIpc) is 2.42. The number of rotatable bonds is 10. The minimum absolute atomic E-state index is 0.405. The van der Waals surface area contributed by atoms with Gasteiger partial charge in [-0.25, -0.2) is 0 Å². The van der Waals surface area contributed by atoms with Crippen LogP contribution in [0.2, 0.25) is 0 Å². The van der Waals surface area contributed by atoms with Gasteiger partial charge >= 0.3 is 0 Å². The van der Waals surface area contributed by atoms with Crippen molar-refractivity contribution in [1.29, 1.82) is 0 Å². The SMILES string of the molecule is CCCCCCOCCOc1ccc(C(N)=S)cc1. The highest BCUT2D eigenvalue weighted by Gasteiger charge is 1.97. The van der Waals surface area contributed by atoms with Crippen LogP contribution in [0.25, 0.3) is 0 Å². The largest absolute Gasteiger partial charge is 0.491 e. The van der Waals surface area contributed by atoms with Gasteiger partial charge in [0.25, 0.3) is 0 Å². The van der Waals surface area contributed by atoms with Crippen molar-refractivity contribution >= 4 is 17.2 Å². The molecular formula is C15H23NO2S. The first-order valence-corrected chi connectivity index (χ1v) is 7.25. The van der Waals surface area contributed by atoms with Crippen LogP contribution in [0.1, 0.15) is 38.2 Å². The third kappa shape index (κ3) is 7.13. The monoisotopic (exact) mass is 281 g/mol. The first-order chi connectivity index (χ1) is 9.24. The molecule has 0 aliphatic carbocycles. The minimum Gasteiger partial charge on any atom is -0.491 e. The van der Waals surface area contributed by atoms with Gasteiger partial charge in [0, 0.05) is 12.2 Å². The fourth-order valence-corrected chi connectivity index (χ4v) is 1.80. The summed E-state index contributed by atoms with van der Waals surface area (Å²) in [7, 11) is 0. The lowest BCUT2D eigenvalue weighted by atomic mass is 10.2. The number of unbranched alkanes of at least 4 members (excludes halogenated alkanes) is 3. The molecule has 0 spiro atoms. The second-order valence-electron chi connectivity index (χ2n) is 4.41. The molecule has 1 aromatic carbocycles. The molecule has 3 nitrogen and oxygen atoms in total. The Labute approximate surface area is 121 Å². The molecule has 0 radical (unpaired) electrons. The molecule has 2 N–H and O–H groups in total. The van der Waals surface area contributed by atoms with Crippen LogP contribution in [0, 0.1) is 0 Å². The Morgan fingerprint density at radius 1 is 1.05 bits per heavy atom. The highest BCUT2D eigenvalue weighted by Crippen LogP contribution is 2.11. The molecule has 0 atom stereocenters. The van der Waals surface area contributed by atoms with Crippen molar-refractivity contribution < 1.29 is 9.47 Å². The maximum atomic E-state index is 5.56. The summed E-state index contributed by atoms with van der Waals surface area (Å²) < 4.78 is 11.1. The number of thiocarbonyl (C=S) groups is 1. The van der Waals surface area contributed by atoms with E-state index in [1.165, 1.54) is 19.3 Å². The van der Waals surface area contributed by atoms with Crippen molar-refractivity contribution in [3.63, 3.8) is 0 Å². The van der Waals surface area contributed by atoms with E-state index in [1.807, 2.05) is 24.3 Å². The Hall–Kier alpha value is -1.13. The van der Waals surface area contributed by atoms with Gasteiger partial charge in [0.05, 0.1) is 6.61 Å². The van der Waals surface area contributed by atoms with Gasteiger partial charge in [-0.3, -0.25) is 0 Å². The highest BCUT2D eigenvalue weighted by molar-refractivity contribution is 7.80. The fourth-order valence-electron chi connectivity index (χ4n) is 1.67. The van der Waals surface area contributed by atoms with E-state index in [0.717, 1.165) is 24.3 Å². The van der Waals surface area contributed by atoms with Crippen LogP contribution in [0.4, 0.5) is 0 Å². The Kier molecular flexibility index (Phi) is 8.18. The van der Waals surface area contributed by atoms with Gasteiger partial charge in [0.15, 0.2) is 0 Å². The summed E-state index contributed by atoms with van der Waals surface area (Å²) in [4.78, 5) is 0.405. The van der Waals surface area contributed by atoms with E-state index < -0.39 is 0 Å². The molecule has 0 amide bonds. The Balaban J connectivity index is 2.07. The van der Waals surface area contributed by atoms with E-state index in [4.69, 9.17) is 27.4 Å². The van der Waals surface area contributed by atoms with Gasteiger partial charge in [-0.15, -0.1) is 0 Å². The van der Waals surface area contributed by atoms with E-state index >= 15 is 0 Å². The summed E-state index contributed by atoms with van der Waals surface area (Å²) >= 11 is 4.89. The van der Waals surface area contributed by atoms with Crippen molar-refractivity contribution in [2.24, 2.45) is 5.73 Å². The van der Waals surface area contributed by atoms with Gasteiger partial charge in [0.2, 0.25) is 0 Å². The van der Waals surface area contributed by atoms with Crippen LogP contribution in [0.3, 0.4) is 0 Å². The topological polar surface area (TPSA) is 44.5 Å². The molecule has 0 aliphatic rings.